The van der Waals surface area contributed by atoms with E-state index in [4.69, 9.17) is 16.1 Å². The molecule has 0 aliphatic carbocycles. The highest BCUT2D eigenvalue weighted by atomic mass is 127. The first-order valence-electron chi connectivity index (χ1n) is 9.32. The maximum absolute atomic E-state index is 13.3. The molecule has 2 aromatic carbocycles. The highest BCUT2D eigenvalue weighted by Crippen LogP contribution is 2.35. The molecule has 0 bridgehead atoms. The van der Waals surface area contributed by atoms with Crippen LogP contribution in [0.25, 0.3) is 10.9 Å². The van der Waals surface area contributed by atoms with E-state index in [9.17, 15) is 13.6 Å². The van der Waals surface area contributed by atoms with Gasteiger partial charge in [-0.05, 0) is 35.7 Å². The van der Waals surface area contributed by atoms with Gasteiger partial charge in [0.1, 0.15) is 0 Å². The number of alkyl halides is 3. The van der Waals surface area contributed by atoms with Crippen molar-refractivity contribution in [2.75, 3.05) is 6.54 Å². The van der Waals surface area contributed by atoms with Crippen molar-refractivity contribution in [3.05, 3.63) is 82.1 Å². The van der Waals surface area contributed by atoms with Gasteiger partial charge in [-0.15, -0.1) is 0 Å². The Morgan fingerprint density at radius 2 is 2.00 bits per heavy atom. The number of hydrogen-bond acceptors (Lipinski definition) is 4. The number of aromatic nitrogens is 3. The molecule has 0 spiro atoms. The maximum atomic E-state index is 13.3. The van der Waals surface area contributed by atoms with Crippen LogP contribution in [0, 0.1) is 0 Å². The first kappa shape index (κ1) is 21.7. The SMILES string of the molecule is O=C(NCCc1c[nH]c2ccc(Cl)cc12)c1noc(Cc2ccc(C(F)(F)I)cc2)n1. The molecule has 0 saturated heterocycles. The van der Waals surface area contributed by atoms with Gasteiger partial charge in [-0.1, -0.05) is 41.0 Å². The summed E-state index contributed by atoms with van der Waals surface area (Å²) in [5.74, 6) is -0.300. The van der Waals surface area contributed by atoms with Crippen LogP contribution in [0.5, 0.6) is 0 Å². The summed E-state index contributed by atoms with van der Waals surface area (Å²) in [6.07, 6.45) is 2.73. The first-order valence-corrected chi connectivity index (χ1v) is 10.8. The smallest absolute Gasteiger partial charge is 0.321 e. The Morgan fingerprint density at radius 1 is 1.23 bits per heavy atom. The van der Waals surface area contributed by atoms with E-state index in [2.05, 4.69) is 20.4 Å². The van der Waals surface area contributed by atoms with Crippen LogP contribution in [0.1, 0.15) is 33.2 Å². The molecule has 4 rings (SSSR count). The van der Waals surface area contributed by atoms with Crippen LogP contribution in [0.4, 0.5) is 8.78 Å². The van der Waals surface area contributed by atoms with Gasteiger partial charge in [0.05, 0.1) is 6.42 Å². The van der Waals surface area contributed by atoms with Gasteiger partial charge < -0.3 is 14.8 Å². The van der Waals surface area contributed by atoms with Crippen molar-refractivity contribution in [1.29, 1.82) is 0 Å². The van der Waals surface area contributed by atoms with Crippen LogP contribution < -0.4 is 5.32 Å². The lowest BCUT2D eigenvalue weighted by atomic mass is 10.1. The van der Waals surface area contributed by atoms with Crippen LogP contribution in [0.15, 0.2) is 53.2 Å². The third-order valence-electron chi connectivity index (χ3n) is 4.72. The van der Waals surface area contributed by atoms with Crippen molar-refractivity contribution >= 4 is 51.0 Å². The lowest BCUT2D eigenvalue weighted by molar-refractivity contribution is 0.0940. The molecule has 4 aromatic rings. The third kappa shape index (κ3) is 5.21. The Hall–Kier alpha value is -2.53. The molecule has 2 N–H and O–H groups in total. The van der Waals surface area contributed by atoms with Gasteiger partial charge in [0.2, 0.25) is 5.89 Å². The Morgan fingerprint density at radius 3 is 2.74 bits per heavy atom. The van der Waals surface area contributed by atoms with Gasteiger partial charge in [-0.2, -0.15) is 13.8 Å². The molecule has 0 unspecified atom stereocenters. The minimum atomic E-state index is -2.93. The molecule has 0 fully saturated rings. The number of nitrogens with zero attached hydrogens (tertiary/aromatic N) is 2. The number of aromatic amines is 1. The summed E-state index contributed by atoms with van der Waals surface area (Å²) >= 11 is 7.14. The maximum Gasteiger partial charge on any atom is 0.321 e. The number of hydrogen-bond donors (Lipinski definition) is 2. The van der Waals surface area contributed by atoms with Crippen molar-refractivity contribution in [2.24, 2.45) is 0 Å². The van der Waals surface area contributed by atoms with Gasteiger partial charge in [-0.3, -0.25) is 4.79 Å². The van der Waals surface area contributed by atoms with Crippen molar-refractivity contribution < 1.29 is 18.1 Å². The van der Waals surface area contributed by atoms with Crippen LogP contribution in [0.3, 0.4) is 0 Å². The van der Waals surface area contributed by atoms with E-state index >= 15 is 0 Å². The normalized spacial score (nSPS) is 11.7. The number of fused-ring (bicyclic) bond motifs is 1. The fourth-order valence-corrected chi connectivity index (χ4v) is 3.68. The largest absolute Gasteiger partial charge is 0.361 e. The first-order chi connectivity index (χ1) is 14.8. The number of rotatable bonds is 7. The molecule has 0 atom stereocenters. The van der Waals surface area contributed by atoms with E-state index < -0.39 is 9.84 Å². The predicted molar refractivity (Wildman–Crippen MR) is 121 cm³/mol. The molecule has 0 aliphatic rings. The second-order valence-corrected chi connectivity index (χ2v) is 8.68. The number of H-pyrrole nitrogens is 1. The van der Waals surface area contributed by atoms with Gasteiger partial charge >= 0.3 is 3.93 Å². The molecule has 31 heavy (non-hydrogen) atoms. The summed E-state index contributed by atoms with van der Waals surface area (Å²) < 4.78 is 28.8. The highest BCUT2D eigenvalue weighted by molar-refractivity contribution is 14.1. The average Bonchev–Trinajstić information content (AvgIpc) is 3.35. The minimum Gasteiger partial charge on any atom is -0.361 e. The fourth-order valence-electron chi connectivity index (χ4n) is 3.15. The number of nitrogens with one attached hydrogen (secondary N) is 2. The molecular formula is C21H16ClF2IN4O2. The molecule has 0 saturated carbocycles. The van der Waals surface area contributed by atoms with E-state index in [-0.39, 0.29) is 23.7 Å². The van der Waals surface area contributed by atoms with Gasteiger partial charge in [0.15, 0.2) is 0 Å². The molecular weight excluding hydrogens is 541 g/mol. The average molecular weight is 557 g/mol. The molecule has 160 valence electrons. The zero-order valence-corrected chi connectivity index (χ0v) is 18.9. The second kappa shape index (κ2) is 8.91. The highest BCUT2D eigenvalue weighted by Gasteiger charge is 2.26. The van der Waals surface area contributed by atoms with Crippen LogP contribution in [0.2, 0.25) is 5.02 Å². The van der Waals surface area contributed by atoms with Crippen LogP contribution in [-0.2, 0) is 16.8 Å². The molecule has 10 heteroatoms. The van der Waals surface area contributed by atoms with Crippen LogP contribution in [-0.4, -0.2) is 27.6 Å². The quantitative estimate of drug-likeness (QED) is 0.241. The Balaban J connectivity index is 1.33. The monoisotopic (exact) mass is 556 g/mol. The van der Waals surface area contributed by atoms with E-state index in [1.807, 2.05) is 24.4 Å². The topological polar surface area (TPSA) is 83.8 Å². The zero-order chi connectivity index (χ0) is 22.0. The summed E-state index contributed by atoms with van der Waals surface area (Å²) in [5.41, 5.74) is 2.65. The molecule has 0 aliphatic heterocycles. The standard InChI is InChI=1S/C21H16ClF2IN4O2/c22-15-5-6-17-16(10-15)13(11-27-17)7-8-26-20(30)19-28-18(31-29-19)9-12-1-3-14(4-2-12)21(23,24)25/h1-6,10-11,27H,7-9H2,(H,26,30). The predicted octanol–water partition coefficient (Wildman–Crippen LogP) is 5.25. The van der Waals surface area contributed by atoms with Crippen molar-refractivity contribution in [3.63, 3.8) is 0 Å². The molecule has 2 heterocycles. The van der Waals surface area contributed by atoms with Gasteiger partial charge in [-0.25, -0.2) is 0 Å². The summed E-state index contributed by atoms with van der Waals surface area (Å²) in [4.78, 5) is 19.6. The molecule has 6 nitrogen and oxygen atoms in total. The summed E-state index contributed by atoms with van der Waals surface area (Å²) in [6, 6.07) is 11.4. The lowest BCUT2D eigenvalue weighted by Crippen LogP contribution is -2.26. The molecule has 1 amide bonds. The van der Waals surface area contributed by atoms with Crippen LogP contribution >= 0.6 is 34.2 Å². The Labute approximate surface area is 194 Å². The van der Waals surface area contributed by atoms with Gasteiger partial charge in [0.25, 0.3) is 11.7 Å². The molecule has 2 aromatic heterocycles. The summed E-state index contributed by atoms with van der Waals surface area (Å²) in [7, 11) is 0. The lowest BCUT2D eigenvalue weighted by Gasteiger charge is -2.08. The number of halogens is 4. The van der Waals surface area contributed by atoms with Crippen molar-refractivity contribution in [3.8, 4) is 0 Å². The third-order valence-corrected chi connectivity index (χ3v) is 5.58. The van der Waals surface area contributed by atoms with E-state index in [0.717, 1.165) is 44.6 Å². The molecule has 0 radical (unpaired) electrons. The summed E-state index contributed by atoms with van der Waals surface area (Å²) in [6.45, 7) is 0.383. The zero-order valence-electron chi connectivity index (χ0n) is 16.0. The van der Waals surface area contributed by atoms with E-state index in [0.29, 0.717) is 18.0 Å². The number of carbonyl (C=O) groups is 1. The van der Waals surface area contributed by atoms with E-state index in [1.165, 1.54) is 12.1 Å². The van der Waals surface area contributed by atoms with E-state index in [1.54, 1.807) is 12.1 Å². The minimum absolute atomic E-state index is 0.0765. The fraction of sp³-hybridized carbons (Fsp3) is 0.190. The number of amides is 1. The summed E-state index contributed by atoms with van der Waals surface area (Å²) in [5, 5.41) is 8.12. The van der Waals surface area contributed by atoms with Crippen molar-refractivity contribution in [2.45, 2.75) is 16.8 Å². The number of carbonyl (C=O) groups excluding carboxylic acids is 1. The van der Waals surface area contributed by atoms with Crippen molar-refractivity contribution in [1.82, 2.24) is 20.4 Å². The van der Waals surface area contributed by atoms with Gasteiger partial charge in [0, 0.05) is 56.8 Å². The number of benzene rings is 2. The Bertz CT molecular complexity index is 1220. The Kier molecular flexibility index (Phi) is 6.24. The second-order valence-electron chi connectivity index (χ2n) is 6.89.